The fourth-order valence-electron chi connectivity index (χ4n) is 2.50. The van der Waals surface area contributed by atoms with Crippen LogP contribution in [0.2, 0.25) is 5.02 Å². The van der Waals surface area contributed by atoms with Crippen molar-refractivity contribution in [1.82, 2.24) is 0 Å². The normalized spacial score (nSPS) is 10.4. The van der Waals surface area contributed by atoms with Crippen molar-refractivity contribution in [2.45, 2.75) is 27.3 Å². The summed E-state index contributed by atoms with van der Waals surface area (Å²) in [7, 11) is 0. The van der Waals surface area contributed by atoms with Gasteiger partial charge in [-0.25, -0.2) is 4.79 Å². The summed E-state index contributed by atoms with van der Waals surface area (Å²) in [6.07, 6.45) is 0. The van der Waals surface area contributed by atoms with E-state index in [-0.39, 0.29) is 5.56 Å². The number of rotatable bonds is 8. The Kier molecular flexibility index (Phi) is 6.53. The number of carbonyl (C=O) groups is 1. The lowest BCUT2D eigenvalue weighted by atomic mass is 10.1. The Hall–Kier alpha value is -2.40. The van der Waals surface area contributed by atoms with Gasteiger partial charge in [0, 0.05) is 23.3 Å². The zero-order chi connectivity index (χ0) is 18.4. The number of hydrogen-bond donors (Lipinski definition) is 2. The van der Waals surface area contributed by atoms with Crippen LogP contribution in [-0.2, 0) is 6.54 Å². The van der Waals surface area contributed by atoms with Crippen molar-refractivity contribution >= 4 is 23.3 Å². The largest absolute Gasteiger partial charge is 0.490 e. The Morgan fingerprint density at radius 2 is 1.80 bits per heavy atom. The minimum Gasteiger partial charge on any atom is -0.490 e. The first kappa shape index (κ1) is 18.9. The van der Waals surface area contributed by atoms with E-state index in [9.17, 15) is 9.90 Å². The molecule has 0 unspecified atom stereocenters. The molecule has 0 saturated carbocycles. The third-order valence-corrected chi connectivity index (χ3v) is 4.10. The predicted octanol–water partition coefficient (Wildman–Crippen LogP) is 4.76. The van der Waals surface area contributed by atoms with Crippen molar-refractivity contribution < 1.29 is 19.4 Å². The number of nitrogens with one attached hydrogen (secondary N) is 1. The van der Waals surface area contributed by atoms with Gasteiger partial charge in [0.15, 0.2) is 11.5 Å². The van der Waals surface area contributed by atoms with Crippen LogP contribution in [0.1, 0.15) is 35.3 Å². The number of carboxylic acids is 1. The Balaban J connectivity index is 2.25. The number of carboxylic acid groups (broad SMARTS) is 1. The smallest absolute Gasteiger partial charge is 0.336 e. The van der Waals surface area contributed by atoms with Crippen LogP contribution in [0, 0.1) is 6.92 Å². The third kappa shape index (κ3) is 4.57. The van der Waals surface area contributed by atoms with E-state index in [1.54, 1.807) is 25.1 Å². The molecule has 2 N–H and O–H groups in total. The number of hydrogen-bond acceptors (Lipinski definition) is 4. The Labute approximate surface area is 152 Å². The second-order valence-electron chi connectivity index (χ2n) is 5.39. The molecule has 2 aromatic carbocycles. The molecule has 5 nitrogen and oxygen atoms in total. The van der Waals surface area contributed by atoms with Gasteiger partial charge in [0.25, 0.3) is 0 Å². The van der Waals surface area contributed by atoms with E-state index in [0.29, 0.717) is 41.8 Å². The van der Waals surface area contributed by atoms with E-state index in [1.807, 2.05) is 26.0 Å². The van der Waals surface area contributed by atoms with E-state index in [2.05, 4.69) is 5.32 Å². The first-order valence-electron chi connectivity index (χ1n) is 8.12. The zero-order valence-electron chi connectivity index (χ0n) is 14.6. The minimum absolute atomic E-state index is 0.276. The predicted molar refractivity (Wildman–Crippen MR) is 99.3 cm³/mol. The molecule has 0 amide bonds. The van der Waals surface area contributed by atoms with Crippen LogP contribution in [0.5, 0.6) is 11.5 Å². The van der Waals surface area contributed by atoms with Gasteiger partial charge in [-0.3, -0.25) is 0 Å². The summed E-state index contributed by atoms with van der Waals surface area (Å²) in [4.78, 5) is 11.2. The molecule has 6 heteroatoms. The summed E-state index contributed by atoms with van der Waals surface area (Å²) in [5.74, 6) is 0.308. The maximum absolute atomic E-state index is 11.2. The summed E-state index contributed by atoms with van der Waals surface area (Å²) in [5, 5.41) is 13.0. The van der Waals surface area contributed by atoms with Gasteiger partial charge < -0.3 is 19.9 Å². The van der Waals surface area contributed by atoms with Gasteiger partial charge in [0.05, 0.1) is 18.8 Å². The van der Waals surface area contributed by atoms with E-state index >= 15 is 0 Å². The molecule has 0 saturated heterocycles. The molecule has 0 aliphatic heterocycles. The molecule has 25 heavy (non-hydrogen) atoms. The van der Waals surface area contributed by atoms with Crippen molar-refractivity contribution in [3.8, 4) is 11.5 Å². The number of benzene rings is 2. The Bertz CT molecular complexity index is 761. The molecule has 0 heterocycles. The molecule has 134 valence electrons. The molecular weight excluding hydrogens is 342 g/mol. The van der Waals surface area contributed by atoms with Crippen LogP contribution in [-0.4, -0.2) is 24.3 Å². The monoisotopic (exact) mass is 363 g/mol. The van der Waals surface area contributed by atoms with Crippen LogP contribution >= 0.6 is 11.6 Å². The average molecular weight is 364 g/mol. The summed E-state index contributed by atoms with van der Waals surface area (Å²) in [6, 6.07) is 8.73. The number of aromatic carboxylic acids is 1. The molecule has 2 rings (SSSR count). The zero-order valence-corrected chi connectivity index (χ0v) is 15.3. The summed E-state index contributed by atoms with van der Waals surface area (Å²) >= 11 is 6.36. The van der Waals surface area contributed by atoms with Crippen LogP contribution in [0.3, 0.4) is 0 Å². The van der Waals surface area contributed by atoms with E-state index in [4.69, 9.17) is 21.1 Å². The van der Waals surface area contributed by atoms with E-state index in [1.165, 1.54) is 0 Å². The second-order valence-corrected chi connectivity index (χ2v) is 5.80. The topological polar surface area (TPSA) is 67.8 Å². The van der Waals surface area contributed by atoms with Gasteiger partial charge in [-0.1, -0.05) is 17.7 Å². The maximum atomic E-state index is 11.2. The first-order valence-corrected chi connectivity index (χ1v) is 8.50. The Morgan fingerprint density at radius 1 is 1.16 bits per heavy atom. The van der Waals surface area contributed by atoms with Gasteiger partial charge in [-0.2, -0.15) is 0 Å². The van der Waals surface area contributed by atoms with E-state index in [0.717, 1.165) is 11.3 Å². The average Bonchev–Trinajstić information content (AvgIpc) is 2.57. The van der Waals surface area contributed by atoms with Crippen LogP contribution in [0.15, 0.2) is 30.3 Å². The minimum atomic E-state index is -0.945. The molecule has 0 radical (unpaired) electrons. The van der Waals surface area contributed by atoms with Crippen molar-refractivity contribution in [2.24, 2.45) is 0 Å². The molecule has 0 bridgehead atoms. The highest BCUT2D eigenvalue weighted by Crippen LogP contribution is 2.34. The lowest BCUT2D eigenvalue weighted by molar-refractivity contribution is 0.0696. The fourth-order valence-corrected chi connectivity index (χ4v) is 2.72. The van der Waals surface area contributed by atoms with Crippen molar-refractivity contribution in [3.05, 3.63) is 52.0 Å². The van der Waals surface area contributed by atoms with Crippen LogP contribution < -0.4 is 14.8 Å². The first-order chi connectivity index (χ1) is 12.0. The standard InChI is InChI=1S/C19H22ClNO4/c1-4-24-17-9-13(15(20)10-18(17)25-5-2)11-21-16-8-6-7-14(12(16)3)19(22)23/h6-10,21H,4-5,11H2,1-3H3,(H,22,23). The summed E-state index contributed by atoms with van der Waals surface area (Å²) < 4.78 is 11.2. The highest BCUT2D eigenvalue weighted by molar-refractivity contribution is 6.31. The van der Waals surface area contributed by atoms with Crippen molar-refractivity contribution in [3.63, 3.8) is 0 Å². The number of ether oxygens (including phenoxy) is 2. The Morgan fingerprint density at radius 3 is 2.40 bits per heavy atom. The molecule has 0 atom stereocenters. The van der Waals surface area contributed by atoms with Crippen molar-refractivity contribution in [2.75, 3.05) is 18.5 Å². The molecule has 0 aliphatic rings. The van der Waals surface area contributed by atoms with Crippen LogP contribution in [0.4, 0.5) is 5.69 Å². The van der Waals surface area contributed by atoms with Gasteiger partial charge >= 0.3 is 5.97 Å². The fraction of sp³-hybridized carbons (Fsp3) is 0.316. The highest BCUT2D eigenvalue weighted by atomic mass is 35.5. The quantitative estimate of drug-likeness (QED) is 0.708. The summed E-state index contributed by atoms with van der Waals surface area (Å²) in [6.45, 7) is 7.07. The molecule has 2 aromatic rings. The highest BCUT2D eigenvalue weighted by Gasteiger charge is 2.13. The molecule has 0 spiro atoms. The second kappa shape index (κ2) is 8.62. The number of anilines is 1. The lowest BCUT2D eigenvalue weighted by Gasteiger charge is -2.16. The van der Waals surface area contributed by atoms with Gasteiger partial charge in [-0.05, 0) is 50.1 Å². The summed E-state index contributed by atoms with van der Waals surface area (Å²) in [5.41, 5.74) is 2.55. The van der Waals surface area contributed by atoms with Crippen LogP contribution in [0.25, 0.3) is 0 Å². The third-order valence-electron chi connectivity index (χ3n) is 3.75. The maximum Gasteiger partial charge on any atom is 0.336 e. The van der Waals surface area contributed by atoms with Gasteiger partial charge in [0.2, 0.25) is 0 Å². The molecule has 0 fully saturated rings. The molecule has 0 aromatic heterocycles. The molecule has 0 aliphatic carbocycles. The number of halogens is 1. The van der Waals surface area contributed by atoms with Gasteiger partial charge in [-0.15, -0.1) is 0 Å². The van der Waals surface area contributed by atoms with Crippen molar-refractivity contribution in [1.29, 1.82) is 0 Å². The molecular formula is C19H22ClNO4. The SMILES string of the molecule is CCOc1cc(Cl)c(CNc2cccc(C(=O)O)c2C)cc1OCC. The van der Waals surface area contributed by atoms with E-state index < -0.39 is 5.97 Å². The van der Waals surface area contributed by atoms with Gasteiger partial charge in [0.1, 0.15) is 0 Å². The lowest BCUT2D eigenvalue weighted by Crippen LogP contribution is -2.07.